The van der Waals surface area contributed by atoms with Crippen LogP contribution in [0.3, 0.4) is 0 Å². The number of piperidine rings is 1. The molecule has 0 bridgehead atoms. The lowest BCUT2D eigenvalue weighted by molar-refractivity contribution is -1.07. The van der Waals surface area contributed by atoms with Crippen molar-refractivity contribution in [1.82, 2.24) is 0 Å². The molecule has 2 saturated carbocycles. The van der Waals surface area contributed by atoms with Crippen LogP contribution in [-0.4, -0.2) is 36.7 Å². The van der Waals surface area contributed by atoms with E-state index in [2.05, 4.69) is 0 Å². The maximum Gasteiger partial charge on any atom is 0.189 e. The number of hydrogen-bond donors (Lipinski definition) is 3. The first kappa shape index (κ1) is 19.3. The second kappa shape index (κ2) is 9.45. The van der Waals surface area contributed by atoms with E-state index in [4.69, 9.17) is 5.21 Å². The van der Waals surface area contributed by atoms with Crippen molar-refractivity contribution < 1.29 is 20.1 Å². The van der Waals surface area contributed by atoms with Crippen LogP contribution in [0.15, 0.2) is 0 Å². The van der Waals surface area contributed by atoms with Gasteiger partial charge in [-0.3, -0.25) is 4.79 Å². The summed E-state index contributed by atoms with van der Waals surface area (Å²) in [7, 11) is 0. The fourth-order valence-corrected chi connectivity index (χ4v) is 5.45. The number of carbonyl (C=O) groups excluding carboxylic acids is 1. The van der Waals surface area contributed by atoms with Crippen LogP contribution in [0.4, 0.5) is 0 Å². The molecule has 0 radical (unpaired) electrons. The molecule has 1 saturated heterocycles. The van der Waals surface area contributed by atoms with Gasteiger partial charge in [-0.25, -0.2) is 10.4 Å². The van der Waals surface area contributed by atoms with Crippen LogP contribution >= 0.6 is 0 Å². The van der Waals surface area contributed by atoms with Crippen LogP contribution in [0.1, 0.15) is 77.0 Å². The van der Waals surface area contributed by atoms with Gasteiger partial charge in [-0.2, -0.15) is 0 Å². The second-order valence-electron chi connectivity index (χ2n) is 8.96. The van der Waals surface area contributed by atoms with E-state index >= 15 is 0 Å². The Balaban J connectivity index is 1.34. The molecule has 0 aromatic heterocycles. The highest BCUT2D eigenvalue weighted by Crippen LogP contribution is 2.31. The first-order valence-electron chi connectivity index (χ1n) is 10.7. The molecule has 144 valence electrons. The van der Waals surface area contributed by atoms with Gasteiger partial charge in [0.2, 0.25) is 0 Å². The molecule has 3 rings (SSSR count). The number of likely N-dealkylation sites (tertiary alicyclic amines) is 1. The lowest BCUT2D eigenvalue weighted by atomic mass is 9.79. The van der Waals surface area contributed by atoms with E-state index in [0.29, 0.717) is 25.2 Å². The van der Waals surface area contributed by atoms with Crippen molar-refractivity contribution in [2.45, 2.75) is 83.1 Å². The van der Waals surface area contributed by atoms with Crippen LogP contribution in [0, 0.1) is 23.0 Å². The highest BCUT2D eigenvalue weighted by molar-refractivity contribution is 5.81. The average Bonchev–Trinajstić information content (AvgIpc) is 2.64. The van der Waals surface area contributed by atoms with Gasteiger partial charge in [-0.15, -0.1) is 0 Å². The standard InChI is InChI=1S/C20H36N2O3/c23-20(18-6-8-19(9-7-18)22(24)25)15-21-12-10-17(11-13-21)14-16-4-2-1-3-5-16/h16-19,22,24H,1-15H2/p+1. The van der Waals surface area contributed by atoms with Crippen LogP contribution < -0.4 is 10.1 Å². The van der Waals surface area contributed by atoms with Gasteiger partial charge in [-0.05, 0) is 43.9 Å². The summed E-state index contributed by atoms with van der Waals surface area (Å²) in [5.74, 6) is 2.40. The Kier molecular flexibility index (Phi) is 7.28. The highest BCUT2D eigenvalue weighted by atomic mass is 16.8. The molecule has 3 N–H and O–H groups in total. The summed E-state index contributed by atoms with van der Waals surface area (Å²) < 4.78 is 0. The van der Waals surface area contributed by atoms with Crippen molar-refractivity contribution in [3.8, 4) is 0 Å². The van der Waals surface area contributed by atoms with Crippen LogP contribution in [0.25, 0.3) is 0 Å². The molecule has 2 aliphatic carbocycles. The van der Waals surface area contributed by atoms with Crippen molar-refractivity contribution in [3.05, 3.63) is 5.21 Å². The van der Waals surface area contributed by atoms with Gasteiger partial charge in [0.05, 0.1) is 13.1 Å². The third kappa shape index (κ3) is 5.75. The Labute approximate surface area is 152 Å². The van der Waals surface area contributed by atoms with Crippen molar-refractivity contribution in [2.24, 2.45) is 17.8 Å². The van der Waals surface area contributed by atoms with Gasteiger partial charge in [0, 0.05) is 18.8 Å². The number of hydrogen-bond acceptors (Lipinski definition) is 3. The quantitative estimate of drug-likeness (QED) is 0.628. The van der Waals surface area contributed by atoms with Crippen molar-refractivity contribution in [2.75, 3.05) is 19.6 Å². The van der Waals surface area contributed by atoms with Gasteiger partial charge < -0.3 is 10.1 Å². The summed E-state index contributed by atoms with van der Waals surface area (Å²) in [6, 6.07) is -0.216. The third-order valence-electron chi connectivity index (χ3n) is 7.16. The van der Waals surface area contributed by atoms with Crippen LogP contribution in [0.5, 0.6) is 0 Å². The maximum atomic E-state index is 12.6. The number of ketones is 1. The molecule has 1 heterocycles. The predicted octanol–water partition coefficient (Wildman–Crippen LogP) is 1.15. The molecule has 3 fully saturated rings. The molecule has 1 atom stereocenters. The molecule has 0 aromatic rings. The molecular formula is C20H37N2O3+. The topological polar surface area (TPSA) is 69.2 Å². The minimum Gasteiger partial charge on any atom is -0.600 e. The molecule has 1 aliphatic heterocycles. The SMILES string of the molecule is O=C(C[NH+]1CCC(CC2CCCCC2)CC1)C1CCC([NH+]([O-])O)CC1. The minimum atomic E-state index is -0.684. The summed E-state index contributed by atoms with van der Waals surface area (Å²) >= 11 is 0. The Bertz CT molecular complexity index is 407. The van der Waals surface area contributed by atoms with Crippen LogP contribution in [0.2, 0.25) is 0 Å². The smallest absolute Gasteiger partial charge is 0.189 e. The summed E-state index contributed by atoms with van der Waals surface area (Å²) in [5.41, 5.74) is 0. The maximum absolute atomic E-state index is 12.6. The Hall–Kier alpha value is -0.490. The molecule has 3 aliphatic rings. The normalized spacial score (nSPS) is 36.1. The number of Topliss-reactive ketones (excluding diaryl/α,β-unsaturated/α-hetero) is 1. The first-order chi connectivity index (χ1) is 12.1. The molecule has 5 heteroatoms. The molecule has 0 aromatic carbocycles. The van der Waals surface area contributed by atoms with Crippen molar-refractivity contribution in [1.29, 1.82) is 0 Å². The summed E-state index contributed by atoms with van der Waals surface area (Å²) in [6.07, 6.45) is 14.2. The van der Waals surface area contributed by atoms with E-state index in [1.165, 1.54) is 56.3 Å². The summed E-state index contributed by atoms with van der Waals surface area (Å²) in [6.45, 7) is 3.00. The van der Waals surface area contributed by atoms with Crippen molar-refractivity contribution >= 4 is 5.78 Å². The van der Waals surface area contributed by atoms with E-state index < -0.39 is 5.23 Å². The van der Waals surface area contributed by atoms with E-state index in [1.807, 2.05) is 0 Å². The lowest BCUT2D eigenvalue weighted by Crippen LogP contribution is -3.14. The zero-order valence-electron chi connectivity index (χ0n) is 15.7. The van der Waals surface area contributed by atoms with Gasteiger partial charge >= 0.3 is 0 Å². The molecule has 1 unspecified atom stereocenters. The monoisotopic (exact) mass is 353 g/mol. The van der Waals surface area contributed by atoms with Crippen molar-refractivity contribution in [3.63, 3.8) is 0 Å². The number of carbonyl (C=O) groups is 1. The number of quaternary nitrogens is 2. The Morgan fingerprint density at radius 3 is 2.12 bits per heavy atom. The van der Waals surface area contributed by atoms with Crippen LogP contribution in [-0.2, 0) is 4.79 Å². The molecule has 0 amide bonds. The third-order valence-corrected chi connectivity index (χ3v) is 7.16. The van der Waals surface area contributed by atoms with Gasteiger partial charge in [0.15, 0.2) is 5.78 Å². The second-order valence-corrected chi connectivity index (χ2v) is 8.96. The molecule has 0 spiro atoms. The predicted molar refractivity (Wildman–Crippen MR) is 96.3 cm³/mol. The van der Waals surface area contributed by atoms with E-state index in [0.717, 1.165) is 37.8 Å². The molecule has 5 nitrogen and oxygen atoms in total. The summed E-state index contributed by atoms with van der Waals surface area (Å²) in [5, 5.41) is 19.4. The molecular weight excluding hydrogens is 316 g/mol. The minimum absolute atomic E-state index is 0.128. The lowest BCUT2D eigenvalue weighted by Gasteiger charge is -2.34. The number of nitrogens with one attached hydrogen (secondary N) is 2. The summed E-state index contributed by atoms with van der Waals surface area (Å²) in [4.78, 5) is 14.1. The largest absolute Gasteiger partial charge is 0.600 e. The van der Waals surface area contributed by atoms with E-state index in [1.54, 1.807) is 0 Å². The number of rotatable bonds is 6. The van der Waals surface area contributed by atoms with E-state index in [-0.39, 0.29) is 12.0 Å². The Morgan fingerprint density at radius 2 is 1.52 bits per heavy atom. The Morgan fingerprint density at radius 1 is 0.920 bits per heavy atom. The first-order valence-corrected chi connectivity index (χ1v) is 10.7. The van der Waals surface area contributed by atoms with Gasteiger partial charge in [0.25, 0.3) is 0 Å². The van der Waals surface area contributed by atoms with E-state index in [9.17, 15) is 10.0 Å². The highest BCUT2D eigenvalue weighted by Gasteiger charge is 2.32. The zero-order valence-corrected chi connectivity index (χ0v) is 15.7. The van der Waals surface area contributed by atoms with Gasteiger partial charge in [0.1, 0.15) is 12.6 Å². The van der Waals surface area contributed by atoms with Gasteiger partial charge in [-0.1, -0.05) is 32.1 Å². The fourth-order valence-electron chi connectivity index (χ4n) is 5.45. The molecule has 25 heavy (non-hydrogen) atoms. The average molecular weight is 354 g/mol. The zero-order chi connectivity index (χ0) is 17.6. The number of hydroxylamine groups is 2. The fraction of sp³-hybridized carbons (Fsp3) is 0.950.